The molecule has 0 aliphatic carbocycles. The molecule has 5 nitrogen and oxygen atoms in total. The molecule has 0 spiro atoms. The van der Waals surface area contributed by atoms with Gasteiger partial charge in [0.05, 0.1) is 17.9 Å². The summed E-state index contributed by atoms with van der Waals surface area (Å²) in [6.07, 6.45) is 7.73. The van der Waals surface area contributed by atoms with Gasteiger partial charge in [0, 0.05) is 23.5 Å². The number of hydrogen-bond donors (Lipinski definition) is 1. The van der Waals surface area contributed by atoms with Crippen molar-refractivity contribution in [2.75, 3.05) is 13.1 Å². The number of ether oxygens (including phenoxy) is 1. The zero-order valence-electron chi connectivity index (χ0n) is 19.2. The summed E-state index contributed by atoms with van der Waals surface area (Å²) in [6, 6.07) is 7.53. The van der Waals surface area contributed by atoms with Crippen LogP contribution in [-0.4, -0.2) is 27.9 Å². The lowest BCUT2D eigenvalue weighted by molar-refractivity contribution is 0.223. The first-order chi connectivity index (χ1) is 15.0. The third-order valence-corrected chi connectivity index (χ3v) is 5.71. The zero-order chi connectivity index (χ0) is 22.4. The van der Waals surface area contributed by atoms with E-state index in [1.165, 1.54) is 6.07 Å². The Balaban J connectivity index is 0.00000132. The van der Waals surface area contributed by atoms with Gasteiger partial charge in [-0.2, -0.15) is 5.10 Å². The number of aryl methyl sites for hydroxylation is 1. The van der Waals surface area contributed by atoms with Crippen molar-refractivity contribution in [1.82, 2.24) is 20.1 Å². The number of nitrogens with zero attached hydrogens (tertiary/aromatic N) is 3. The van der Waals surface area contributed by atoms with Crippen LogP contribution in [0.5, 0.6) is 5.75 Å². The maximum atomic E-state index is 13.9. The minimum atomic E-state index is -0.279. The van der Waals surface area contributed by atoms with Crippen LogP contribution in [0.1, 0.15) is 62.6 Å². The number of aromatic nitrogens is 3. The van der Waals surface area contributed by atoms with Crippen LogP contribution in [0.3, 0.4) is 0 Å². The van der Waals surface area contributed by atoms with E-state index in [0.29, 0.717) is 17.4 Å². The largest absolute Gasteiger partial charge is 0.484 e. The molecule has 1 atom stereocenters. The number of piperidine rings is 1. The van der Waals surface area contributed by atoms with E-state index >= 15 is 0 Å². The molecule has 0 amide bonds. The lowest BCUT2D eigenvalue weighted by Gasteiger charge is -2.22. The molecule has 31 heavy (non-hydrogen) atoms. The van der Waals surface area contributed by atoms with Gasteiger partial charge in [-0.15, -0.1) is 0 Å². The molecule has 0 bridgehead atoms. The Morgan fingerprint density at radius 2 is 1.87 bits per heavy atom. The number of benzene rings is 1. The molecule has 6 heteroatoms. The molecular weight excluding hydrogens is 391 g/mol. The fourth-order valence-corrected chi connectivity index (χ4v) is 3.87. The predicted molar refractivity (Wildman–Crippen MR) is 123 cm³/mol. The second-order valence-electron chi connectivity index (χ2n) is 7.71. The van der Waals surface area contributed by atoms with E-state index in [9.17, 15) is 4.39 Å². The molecule has 1 N–H and O–H groups in total. The molecule has 1 fully saturated rings. The third-order valence-electron chi connectivity index (χ3n) is 5.71. The Morgan fingerprint density at radius 3 is 2.61 bits per heavy atom. The Hall–Kier alpha value is -2.73. The van der Waals surface area contributed by atoms with Crippen molar-refractivity contribution in [3.05, 3.63) is 65.5 Å². The highest BCUT2D eigenvalue weighted by molar-refractivity contribution is 5.63. The molecule has 4 rings (SSSR count). The van der Waals surface area contributed by atoms with Crippen molar-refractivity contribution in [3.63, 3.8) is 0 Å². The van der Waals surface area contributed by atoms with E-state index in [0.717, 1.165) is 48.3 Å². The van der Waals surface area contributed by atoms with E-state index in [1.807, 2.05) is 52.2 Å². The summed E-state index contributed by atoms with van der Waals surface area (Å²) >= 11 is 0. The summed E-state index contributed by atoms with van der Waals surface area (Å²) < 4.78 is 22.2. The van der Waals surface area contributed by atoms with Crippen LogP contribution in [0.25, 0.3) is 11.1 Å². The standard InChI is InChI=1S/C23H27FN4O.C2H6/c1-15-21(5-4-6-22(15)24)17(3)29-23-11-18(12-26-16(23)2)19-13-27-28(14-19)20-7-9-25-10-8-20;1-2/h4-6,11-14,17,20,25H,7-10H2,1-3H3;1-2H3. The molecule has 0 radical (unpaired) electrons. The highest BCUT2D eigenvalue weighted by atomic mass is 19.1. The average Bonchev–Trinajstić information content (AvgIpc) is 3.29. The summed E-state index contributed by atoms with van der Waals surface area (Å²) in [4.78, 5) is 4.52. The van der Waals surface area contributed by atoms with Gasteiger partial charge in [0.2, 0.25) is 0 Å². The zero-order valence-corrected chi connectivity index (χ0v) is 19.2. The van der Waals surface area contributed by atoms with Gasteiger partial charge in [-0.1, -0.05) is 26.0 Å². The maximum absolute atomic E-state index is 13.9. The first-order valence-corrected chi connectivity index (χ1v) is 11.2. The van der Waals surface area contributed by atoms with Gasteiger partial charge < -0.3 is 10.1 Å². The fraction of sp³-hybridized carbons (Fsp3) is 0.440. The summed E-state index contributed by atoms with van der Waals surface area (Å²) in [5.41, 5.74) is 4.25. The average molecular weight is 425 g/mol. The van der Waals surface area contributed by atoms with E-state index in [1.54, 1.807) is 13.0 Å². The number of halogens is 1. The predicted octanol–water partition coefficient (Wildman–Crippen LogP) is 5.79. The van der Waals surface area contributed by atoms with Crippen LogP contribution in [0.2, 0.25) is 0 Å². The summed E-state index contributed by atoms with van der Waals surface area (Å²) in [6.45, 7) is 11.7. The van der Waals surface area contributed by atoms with Crippen LogP contribution in [0, 0.1) is 19.7 Å². The van der Waals surface area contributed by atoms with Crippen LogP contribution in [0.15, 0.2) is 42.9 Å². The van der Waals surface area contributed by atoms with Crippen LogP contribution in [-0.2, 0) is 0 Å². The van der Waals surface area contributed by atoms with Gasteiger partial charge in [-0.3, -0.25) is 9.67 Å². The van der Waals surface area contributed by atoms with Crippen molar-refractivity contribution < 1.29 is 9.13 Å². The number of hydrogen-bond acceptors (Lipinski definition) is 4. The van der Waals surface area contributed by atoms with Crippen LogP contribution in [0.4, 0.5) is 4.39 Å². The molecule has 1 aliphatic heterocycles. The SMILES string of the molecule is CC.Cc1ncc(-c2cnn(C3CCNCC3)c2)cc1OC(C)c1cccc(F)c1C. The van der Waals surface area contributed by atoms with Gasteiger partial charge in [0.1, 0.15) is 17.7 Å². The molecule has 3 aromatic rings. The summed E-state index contributed by atoms with van der Waals surface area (Å²) in [7, 11) is 0. The highest BCUT2D eigenvalue weighted by Gasteiger charge is 2.18. The van der Waals surface area contributed by atoms with Crippen molar-refractivity contribution in [2.45, 2.75) is 59.6 Å². The molecule has 1 aromatic carbocycles. The molecule has 1 unspecified atom stereocenters. The Bertz CT molecular complexity index is 995. The van der Waals surface area contributed by atoms with E-state index in [4.69, 9.17) is 4.74 Å². The molecule has 1 aliphatic rings. The molecule has 166 valence electrons. The van der Waals surface area contributed by atoms with E-state index < -0.39 is 0 Å². The third kappa shape index (κ3) is 5.31. The quantitative estimate of drug-likeness (QED) is 0.563. The monoisotopic (exact) mass is 424 g/mol. The topological polar surface area (TPSA) is 52.0 Å². The molecule has 3 heterocycles. The van der Waals surface area contributed by atoms with Crippen molar-refractivity contribution >= 4 is 0 Å². The van der Waals surface area contributed by atoms with Crippen molar-refractivity contribution in [2.24, 2.45) is 0 Å². The van der Waals surface area contributed by atoms with Crippen molar-refractivity contribution in [1.29, 1.82) is 0 Å². The number of rotatable bonds is 5. The van der Waals surface area contributed by atoms with E-state index in [-0.39, 0.29) is 11.9 Å². The lowest BCUT2D eigenvalue weighted by Crippen LogP contribution is -2.29. The number of nitrogens with one attached hydrogen (secondary N) is 1. The first kappa shape index (κ1) is 22.9. The first-order valence-electron chi connectivity index (χ1n) is 11.2. The number of pyridine rings is 1. The minimum absolute atomic E-state index is 0.216. The normalized spacial score (nSPS) is 15.2. The van der Waals surface area contributed by atoms with Crippen molar-refractivity contribution in [3.8, 4) is 16.9 Å². The van der Waals surface area contributed by atoms with Crippen LogP contribution >= 0.6 is 0 Å². The Labute approximate surface area is 184 Å². The van der Waals surface area contributed by atoms with Gasteiger partial charge >= 0.3 is 0 Å². The molecule has 1 saturated heterocycles. The summed E-state index contributed by atoms with van der Waals surface area (Å²) in [5, 5.41) is 7.96. The Morgan fingerprint density at radius 1 is 1.13 bits per heavy atom. The second-order valence-corrected chi connectivity index (χ2v) is 7.71. The maximum Gasteiger partial charge on any atom is 0.142 e. The minimum Gasteiger partial charge on any atom is -0.484 e. The van der Waals surface area contributed by atoms with Gasteiger partial charge in [-0.25, -0.2) is 4.39 Å². The lowest BCUT2D eigenvalue weighted by atomic mass is 10.0. The molecule has 0 saturated carbocycles. The summed E-state index contributed by atoms with van der Waals surface area (Å²) in [5.74, 6) is 0.486. The molecular formula is C25H33FN4O. The van der Waals surface area contributed by atoms with Crippen LogP contribution < -0.4 is 10.1 Å². The Kier molecular flexibility index (Phi) is 7.80. The smallest absolute Gasteiger partial charge is 0.142 e. The van der Waals surface area contributed by atoms with Gasteiger partial charge in [-0.05, 0) is 70.0 Å². The fourth-order valence-electron chi connectivity index (χ4n) is 3.87. The van der Waals surface area contributed by atoms with Gasteiger partial charge in [0.25, 0.3) is 0 Å². The van der Waals surface area contributed by atoms with E-state index in [2.05, 4.69) is 26.3 Å². The molecule has 2 aromatic heterocycles. The highest BCUT2D eigenvalue weighted by Crippen LogP contribution is 2.31. The second kappa shape index (κ2) is 10.5. The van der Waals surface area contributed by atoms with Gasteiger partial charge in [0.15, 0.2) is 0 Å².